The van der Waals surface area contributed by atoms with Gasteiger partial charge in [0.05, 0.1) is 17.9 Å². The maximum Gasteiger partial charge on any atom is 0.246 e. The van der Waals surface area contributed by atoms with Crippen molar-refractivity contribution < 1.29 is 18.4 Å². The molecule has 1 aromatic heterocycles. The van der Waals surface area contributed by atoms with Crippen LogP contribution in [0.4, 0.5) is 10.1 Å². The van der Waals surface area contributed by atoms with Crippen molar-refractivity contribution in [2.45, 2.75) is 32.2 Å². The van der Waals surface area contributed by atoms with Crippen LogP contribution in [-0.4, -0.2) is 17.9 Å². The van der Waals surface area contributed by atoms with Gasteiger partial charge >= 0.3 is 0 Å². The van der Waals surface area contributed by atoms with Gasteiger partial charge in [-0.2, -0.15) is 0 Å². The van der Waals surface area contributed by atoms with Gasteiger partial charge < -0.3 is 15.1 Å². The van der Waals surface area contributed by atoms with E-state index in [2.05, 4.69) is 10.6 Å². The number of para-hydroxylation sites is 1. The molecule has 0 fully saturated rings. The largest absolute Gasteiger partial charge is 0.469 e. The van der Waals surface area contributed by atoms with Gasteiger partial charge in [-0.1, -0.05) is 42.0 Å². The molecule has 0 saturated carbocycles. The molecule has 1 heterocycles. The van der Waals surface area contributed by atoms with Crippen LogP contribution in [0.5, 0.6) is 0 Å². The van der Waals surface area contributed by atoms with Crippen molar-refractivity contribution >= 4 is 17.5 Å². The van der Waals surface area contributed by atoms with E-state index in [-0.39, 0.29) is 11.6 Å². The molecule has 3 aromatic rings. The Morgan fingerprint density at radius 3 is 2.38 bits per heavy atom. The normalized spacial score (nSPS) is 12.8. The summed E-state index contributed by atoms with van der Waals surface area (Å²) in [5.74, 6) is -1.18. The highest BCUT2D eigenvalue weighted by Crippen LogP contribution is 2.23. The van der Waals surface area contributed by atoms with Crippen LogP contribution in [0.3, 0.4) is 0 Å². The second-order valence-corrected chi connectivity index (χ2v) is 6.95. The fourth-order valence-corrected chi connectivity index (χ4v) is 2.97. The summed E-state index contributed by atoms with van der Waals surface area (Å²) >= 11 is 0. The summed E-state index contributed by atoms with van der Waals surface area (Å²) < 4.78 is 19.2. The predicted molar refractivity (Wildman–Crippen MR) is 109 cm³/mol. The SMILES string of the molecule is Cc1ccc(C(Cc2ccco2)C(=O)NC(C)C(=O)Nc2ccccc2F)cc1. The number of carbonyl (C=O) groups is 2. The second-order valence-electron chi connectivity index (χ2n) is 6.95. The highest BCUT2D eigenvalue weighted by Gasteiger charge is 2.26. The number of carbonyl (C=O) groups excluding carboxylic acids is 2. The third-order valence-corrected chi connectivity index (χ3v) is 4.67. The van der Waals surface area contributed by atoms with E-state index in [9.17, 15) is 14.0 Å². The molecule has 29 heavy (non-hydrogen) atoms. The van der Waals surface area contributed by atoms with E-state index in [0.29, 0.717) is 12.2 Å². The number of rotatable bonds is 7. The summed E-state index contributed by atoms with van der Waals surface area (Å²) in [6.07, 6.45) is 1.92. The second kappa shape index (κ2) is 9.19. The van der Waals surface area contributed by atoms with E-state index in [1.165, 1.54) is 18.2 Å². The molecule has 2 N–H and O–H groups in total. The van der Waals surface area contributed by atoms with Crippen LogP contribution in [0.1, 0.15) is 29.7 Å². The molecule has 2 atom stereocenters. The van der Waals surface area contributed by atoms with Gasteiger partial charge in [-0.15, -0.1) is 0 Å². The number of nitrogens with one attached hydrogen (secondary N) is 2. The molecule has 5 nitrogen and oxygen atoms in total. The van der Waals surface area contributed by atoms with Crippen molar-refractivity contribution in [3.63, 3.8) is 0 Å². The molecular weight excluding hydrogens is 371 g/mol. The topological polar surface area (TPSA) is 71.3 Å². The standard InChI is InChI=1S/C23H23FN2O3/c1-15-9-11-17(12-10-15)19(14-18-6-5-13-29-18)23(28)25-16(2)22(27)26-21-8-4-3-7-20(21)24/h3-13,16,19H,14H2,1-2H3,(H,25,28)(H,26,27). The van der Waals surface area contributed by atoms with Gasteiger partial charge in [0.25, 0.3) is 0 Å². The summed E-state index contributed by atoms with van der Waals surface area (Å²) in [7, 11) is 0. The predicted octanol–water partition coefficient (Wildman–Crippen LogP) is 4.20. The van der Waals surface area contributed by atoms with Crippen LogP contribution < -0.4 is 10.6 Å². The molecule has 0 aliphatic carbocycles. The fourth-order valence-electron chi connectivity index (χ4n) is 2.97. The minimum atomic E-state index is -0.841. The molecule has 2 unspecified atom stereocenters. The maximum atomic E-state index is 13.8. The van der Waals surface area contributed by atoms with Crippen LogP contribution in [0.15, 0.2) is 71.3 Å². The Hall–Kier alpha value is -3.41. The third kappa shape index (κ3) is 5.31. The Balaban J connectivity index is 1.72. The van der Waals surface area contributed by atoms with E-state index in [1.54, 1.807) is 25.3 Å². The van der Waals surface area contributed by atoms with Crippen molar-refractivity contribution in [2.75, 3.05) is 5.32 Å². The third-order valence-electron chi connectivity index (χ3n) is 4.67. The first-order valence-corrected chi connectivity index (χ1v) is 9.38. The first-order chi connectivity index (χ1) is 13.9. The number of hydrogen-bond acceptors (Lipinski definition) is 3. The Morgan fingerprint density at radius 2 is 1.72 bits per heavy atom. The van der Waals surface area contributed by atoms with Crippen molar-refractivity contribution in [3.8, 4) is 0 Å². The van der Waals surface area contributed by atoms with Crippen molar-refractivity contribution in [3.05, 3.63) is 89.6 Å². The summed E-state index contributed by atoms with van der Waals surface area (Å²) in [5.41, 5.74) is 1.99. The summed E-state index contributed by atoms with van der Waals surface area (Å²) in [6, 6.07) is 16.3. The fraction of sp³-hybridized carbons (Fsp3) is 0.217. The van der Waals surface area contributed by atoms with E-state index >= 15 is 0 Å². The van der Waals surface area contributed by atoms with Gasteiger partial charge in [0.1, 0.15) is 17.6 Å². The van der Waals surface area contributed by atoms with Crippen LogP contribution in [0, 0.1) is 12.7 Å². The average Bonchev–Trinajstić information content (AvgIpc) is 3.22. The number of aryl methyl sites for hydroxylation is 1. The summed E-state index contributed by atoms with van der Waals surface area (Å²) in [6.45, 7) is 3.54. The number of benzene rings is 2. The lowest BCUT2D eigenvalue weighted by Gasteiger charge is -2.20. The molecule has 0 aliphatic rings. The average molecular weight is 394 g/mol. The number of amides is 2. The lowest BCUT2D eigenvalue weighted by Crippen LogP contribution is -2.44. The number of halogens is 1. The minimum absolute atomic E-state index is 0.0734. The highest BCUT2D eigenvalue weighted by atomic mass is 19.1. The minimum Gasteiger partial charge on any atom is -0.469 e. The first kappa shape index (κ1) is 20.3. The summed E-state index contributed by atoms with van der Waals surface area (Å²) in [5, 5.41) is 5.23. The zero-order chi connectivity index (χ0) is 20.8. The van der Waals surface area contributed by atoms with E-state index in [4.69, 9.17) is 4.42 Å². The number of anilines is 1. The summed E-state index contributed by atoms with van der Waals surface area (Å²) in [4.78, 5) is 25.4. The van der Waals surface area contributed by atoms with Gasteiger partial charge in [0.2, 0.25) is 11.8 Å². The molecule has 0 saturated heterocycles. The van der Waals surface area contributed by atoms with Crippen molar-refractivity contribution in [2.24, 2.45) is 0 Å². The van der Waals surface area contributed by atoms with Gasteiger partial charge in [-0.3, -0.25) is 9.59 Å². The van der Waals surface area contributed by atoms with E-state index in [1.807, 2.05) is 37.3 Å². The monoisotopic (exact) mass is 394 g/mol. The van der Waals surface area contributed by atoms with Crippen LogP contribution in [-0.2, 0) is 16.0 Å². The van der Waals surface area contributed by atoms with Gasteiger partial charge in [-0.05, 0) is 43.7 Å². The van der Waals surface area contributed by atoms with Gasteiger partial charge in [-0.25, -0.2) is 4.39 Å². The van der Waals surface area contributed by atoms with Crippen molar-refractivity contribution in [1.82, 2.24) is 5.32 Å². The Bertz CT molecular complexity index is 968. The molecule has 2 amide bonds. The van der Waals surface area contributed by atoms with E-state index < -0.39 is 23.7 Å². The maximum absolute atomic E-state index is 13.8. The molecule has 0 radical (unpaired) electrons. The lowest BCUT2D eigenvalue weighted by atomic mass is 9.92. The number of hydrogen-bond donors (Lipinski definition) is 2. The van der Waals surface area contributed by atoms with Crippen molar-refractivity contribution in [1.29, 1.82) is 0 Å². The number of furan rings is 1. The van der Waals surface area contributed by atoms with Crippen LogP contribution in [0.25, 0.3) is 0 Å². The Morgan fingerprint density at radius 1 is 1.00 bits per heavy atom. The quantitative estimate of drug-likeness (QED) is 0.631. The smallest absolute Gasteiger partial charge is 0.246 e. The molecule has 0 bridgehead atoms. The molecule has 6 heteroatoms. The molecule has 150 valence electrons. The highest BCUT2D eigenvalue weighted by molar-refractivity contribution is 5.97. The lowest BCUT2D eigenvalue weighted by molar-refractivity contribution is -0.127. The van der Waals surface area contributed by atoms with E-state index in [0.717, 1.165) is 11.1 Å². The molecule has 0 spiro atoms. The molecular formula is C23H23FN2O3. The molecule has 2 aromatic carbocycles. The van der Waals surface area contributed by atoms with Gasteiger partial charge in [0.15, 0.2) is 0 Å². The Kier molecular flexibility index (Phi) is 6.44. The van der Waals surface area contributed by atoms with Gasteiger partial charge in [0, 0.05) is 6.42 Å². The first-order valence-electron chi connectivity index (χ1n) is 9.38. The zero-order valence-electron chi connectivity index (χ0n) is 16.3. The molecule has 3 rings (SSSR count). The Labute approximate surface area is 168 Å². The van der Waals surface area contributed by atoms with Crippen LogP contribution >= 0.6 is 0 Å². The zero-order valence-corrected chi connectivity index (χ0v) is 16.3. The van der Waals surface area contributed by atoms with Crippen LogP contribution in [0.2, 0.25) is 0 Å². The molecule has 0 aliphatic heterocycles.